The zero-order valence-electron chi connectivity index (χ0n) is 14.3. The van der Waals surface area contributed by atoms with Crippen molar-refractivity contribution in [2.45, 2.75) is 13.0 Å². The lowest BCUT2D eigenvalue weighted by Crippen LogP contribution is -2.22. The van der Waals surface area contributed by atoms with Crippen molar-refractivity contribution in [2.24, 2.45) is 0 Å². The molecule has 134 valence electrons. The van der Waals surface area contributed by atoms with Gasteiger partial charge in [0, 0.05) is 35.5 Å². The Hall–Kier alpha value is -3.08. The van der Waals surface area contributed by atoms with Gasteiger partial charge in [0.1, 0.15) is 11.9 Å². The quantitative estimate of drug-likeness (QED) is 0.728. The molecule has 2 aromatic carbocycles. The Labute approximate surface area is 159 Å². The number of carbonyl (C=O) groups excluding carboxylic acids is 1. The molecule has 0 spiro atoms. The largest absolute Gasteiger partial charge is 0.319 e. The second-order valence-corrected chi connectivity index (χ2v) is 7.17. The molecule has 4 rings (SSSR count). The molecule has 3 aromatic rings. The number of fused-ring (bicyclic) bond motifs is 1. The highest BCUT2D eigenvalue weighted by Crippen LogP contribution is 2.31. The molecule has 0 saturated carbocycles. The summed E-state index contributed by atoms with van der Waals surface area (Å²) in [6, 6.07) is 13.3. The summed E-state index contributed by atoms with van der Waals surface area (Å²) in [7, 11) is 0. The predicted molar refractivity (Wildman–Crippen MR) is 102 cm³/mol. The Morgan fingerprint density at radius 2 is 2.04 bits per heavy atom. The SMILES string of the molecule is N#Cc1c(NC(=O)c2nc3c(s2)CNCC3)cccc1-c1ccccc1F. The Kier molecular flexibility index (Phi) is 4.67. The molecule has 0 bridgehead atoms. The van der Waals surface area contributed by atoms with Gasteiger partial charge in [-0.1, -0.05) is 30.3 Å². The van der Waals surface area contributed by atoms with Crippen LogP contribution in [0, 0.1) is 17.1 Å². The number of thiazole rings is 1. The van der Waals surface area contributed by atoms with E-state index in [0.29, 0.717) is 28.4 Å². The molecule has 1 aromatic heterocycles. The molecule has 0 atom stereocenters. The van der Waals surface area contributed by atoms with E-state index in [9.17, 15) is 14.4 Å². The summed E-state index contributed by atoms with van der Waals surface area (Å²) in [5, 5.41) is 16.0. The Morgan fingerprint density at radius 1 is 1.22 bits per heavy atom. The minimum absolute atomic E-state index is 0.221. The average molecular weight is 378 g/mol. The van der Waals surface area contributed by atoms with Crippen LogP contribution >= 0.6 is 11.3 Å². The third-order valence-electron chi connectivity index (χ3n) is 4.39. The van der Waals surface area contributed by atoms with E-state index >= 15 is 0 Å². The number of aromatic nitrogens is 1. The zero-order chi connectivity index (χ0) is 18.8. The van der Waals surface area contributed by atoms with Gasteiger partial charge < -0.3 is 10.6 Å². The number of hydrogen-bond acceptors (Lipinski definition) is 5. The van der Waals surface area contributed by atoms with Crippen molar-refractivity contribution in [3.8, 4) is 17.2 Å². The molecule has 2 heterocycles. The molecule has 1 amide bonds. The van der Waals surface area contributed by atoms with Crippen LogP contribution in [0.4, 0.5) is 10.1 Å². The van der Waals surface area contributed by atoms with E-state index in [-0.39, 0.29) is 11.5 Å². The Morgan fingerprint density at radius 3 is 2.81 bits per heavy atom. The molecule has 0 saturated heterocycles. The molecular weight excluding hydrogens is 363 g/mol. The Bertz CT molecular complexity index is 1050. The normalized spacial score (nSPS) is 12.9. The number of hydrogen-bond donors (Lipinski definition) is 2. The fourth-order valence-electron chi connectivity index (χ4n) is 3.08. The summed E-state index contributed by atoms with van der Waals surface area (Å²) in [6.07, 6.45) is 0.797. The smallest absolute Gasteiger partial charge is 0.284 e. The van der Waals surface area contributed by atoms with Gasteiger partial charge in [-0.15, -0.1) is 11.3 Å². The number of anilines is 1. The number of benzene rings is 2. The molecule has 27 heavy (non-hydrogen) atoms. The topological polar surface area (TPSA) is 77.8 Å². The van der Waals surface area contributed by atoms with Crippen LogP contribution in [0.5, 0.6) is 0 Å². The van der Waals surface area contributed by atoms with E-state index in [0.717, 1.165) is 23.5 Å². The number of nitriles is 1. The van der Waals surface area contributed by atoms with E-state index < -0.39 is 5.82 Å². The van der Waals surface area contributed by atoms with Crippen LogP contribution in [0.3, 0.4) is 0 Å². The van der Waals surface area contributed by atoms with Crippen LogP contribution in [0.1, 0.15) is 25.9 Å². The number of nitrogens with zero attached hydrogens (tertiary/aromatic N) is 2. The van der Waals surface area contributed by atoms with Gasteiger partial charge in [-0.3, -0.25) is 4.79 Å². The van der Waals surface area contributed by atoms with Crippen molar-refractivity contribution in [1.29, 1.82) is 5.26 Å². The van der Waals surface area contributed by atoms with Crippen LogP contribution in [-0.2, 0) is 13.0 Å². The molecule has 1 aliphatic rings. The number of halogens is 1. The molecule has 0 aliphatic carbocycles. The summed E-state index contributed by atoms with van der Waals surface area (Å²) in [5.74, 6) is -0.783. The number of nitrogens with one attached hydrogen (secondary N) is 2. The van der Waals surface area contributed by atoms with Gasteiger partial charge in [0.2, 0.25) is 0 Å². The number of rotatable bonds is 3. The predicted octanol–water partition coefficient (Wildman–Crippen LogP) is 3.72. The van der Waals surface area contributed by atoms with Gasteiger partial charge in [0.15, 0.2) is 5.01 Å². The van der Waals surface area contributed by atoms with Gasteiger partial charge in [-0.2, -0.15) is 5.26 Å². The van der Waals surface area contributed by atoms with Crippen molar-refractivity contribution in [3.05, 3.63) is 69.4 Å². The fourth-order valence-corrected chi connectivity index (χ4v) is 4.05. The van der Waals surface area contributed by atoms with E-state index in [1.807, 2.05) is 0 Å². The maximum atomic E-state index is 14.2. The first-order chi connectivity index (χ1) is 13.2. The van der Waals surface area contributed by atoms with E-state index in [1.165, 1.54) is 17.4 Å². The molecule has 0 radical (unpaired) electrons. The first kappa shape index (κ1) is 17.3. The monoisotopic (exact) mass is 378 g/mol. The third-order valence-corrected chi connectivity index (χ3v) is 5.48. The second-order valence-electron chi connectivity index (χ2n) is 6.09. The lowest BCUT2D eigenvalue weighted by Gasteiger charge is -2.11. The molecule has 5 nitrogen and oxygen atoms in total. The summed E-state index contributed by atoms with van der Waals surface area (Å²) in [6.45, 7) is 1.56. The van der Waals surface area contributed by atoms with Gasteiger partial charge in [-0.25, -0.2) is 9.37 Å². The summed E-state index contributed by atoms with van der Waals surface area (Å²) in [5.41, 5.74) is 2.27. The van der Waals surface area contributed by atoms with Gasteiger partial charge in [-0.05, 0) is 12.1 Å². The maximum Gasteiger partial charge on any atom is 0.284 e. The lowest BCUT2D eigenvalue weighted by atomic mass is 9.98. The van der Waals surface area contributed by atoms with Crippen molar-refractivity contribution in [2.75, 3.05) is 11.9 Å². The van der Waals surface area contributed by atoms with Crippen LogP contribution in [-0.4, -0.2) is 17.4 Å². The zero-order valence-corrected chi connectivity index (χ0v) is 15.1. The van der Waals surface area contributed by atoms with Gasteiger partial charge in [0.25, 0.3) is 5.91 Å². The van der Waals surface area contributed by atoms with Crippen molar-refractivity contribution < 1.29 is 9.18 Å². The third kappa shape index (κ3) is 3.33. The van der Waals surface area contributed by atoms with Crippen molar-refractivity contribution in [1.82, 2.24) is 10.3 Å². The van der Waals surface area contributed by atoms with Gasteiger partial charge >= 0.3 is 0 Å². The van der Waals surface area contributed by atoms with E-state index in [4.69, 9.17) is 0 Å². The maximum absolute atomic E-state index is 14.2. The molecule has 0 unspecified atom stereocenters. The van der Waals surface area contributed by atoms with Crippen LogP contribution in [0.25, 0.3) is 11.1 Å². The van der Waals surface area contributed by atoms with E-state index in [2.05, 4.69) is 21.7 Å². The highest BCUT2D eigenvalue weighted by molar-refractivity contribution is 7.13. The van der Waals surface area contributed by atoms with Crippen molar-refractivity contribution >= 4 is 22.9 Å². The standard InChI is InChI=1S/C20H15FN4OS/c21-15-6-2-1-4-13(15)12-5-3-7-16(14(12)10-22)24-19(26)20-25-17-8-9-23-11-18(17)27-20/h1-7,23H,8-9,11H2,(H,24,26). The highest BCUT2D eigenvalue weighted by atomic mass is 32.1. The van der Waals surface area contributed by atoms with Crippen LogP contribution < -0.4 is 10.6 Å². The van der Waals surface area contributed by atoms with Gasteiger partial charge in [0.05, 0.1) is 16.9 Å². The minimum Gasteiger partial charge on any atom is -0.319 e. The van der Waals surface area contributed by atoms with Crippen molar-refractivity contribution in [3.63, 3.8) is 0 Å². The van der Waals surface area contributed by atoms with Crippen LogP contribution in [0.15, 0.2) is 42.5 Å². The van der Waals surface area contributed by atoms with E-state index in [1.54, 1.807) is 36.4 Å². The summed E-state index contributed by atoms with van der Waals surface area (Å²) in [4.78, 5) is 18.1. The molecular formula is C20H15FN4OS. The van der Waals surface area contributed by atoms with Crippen LogP contribution in [0.2, 0.25) is 0 Å². The molecule has 2 N–H and O–H groups in total. The molecule has 7 heteroatoms. The number of carbonyl (C=O) groups is 1. The molecule has 0 fully saturated rings. The second kappa shape index (κ2) is 7.27. The molecule has 1 aliphatic heterocycles. The highest BCUT2D eigenvalue weighted by Gasteiger charge is 2.20. The number of amides is 1. The first-order valence-corrected chi connectivity index (χ1v) is 9.27. The minimum atomic E-state index is -0.419. The summed E-state index contributed by atoms with van der Waals surface area (Å²) >= 11 is 1.35. The summed E-state index contributed by atoms with van der Waals surface area (Å²) < 4.78 is 14.2. The lowest BCUT2D eigenvalue weighted by molar-refractivity contribution is 0.102. The average Bonchev–Trinajstić information content (AvgIpc) is 3.13. The Balaban J connectivity index is 1.67. The first-order valence-electron chi connectivity index (χ1n) is 8.46. The fraction of sp³-hybridized carbons (Fsp3) is 0.150.